The van der Waals surface area contributed by atoms with Crippen molar-refractivity contribution < 1.29 is 9.53 Å². The lowest BCUT2D eigenvalue weighted by Gasteiger charge is -2.33. The zero-order valence-electron chi connectivity index (χ0n) is 7.92. The second kappa shape index (κ2) is 4.09. The molecule has 3 nitrogen and oxygen atoms in total. The molecule has 1 heterocycles. The van der Waals surface area contributed by atoms with E-state index >= 15 is 0 Å². The Kier molecular flexibility index (Phi) is 2.83. The van der Waals surface area contributed by atoms with Crippen LogP contribution < -0.4 is 5.32 Å². The Bertz CT molecular complexity index is 187. The molecule has 0 aromatic carbocycles. The summed E-state index contributed by atoms with van der Waals surface area (Å²) in [7, 11) is 0. The van der Waals surface area contributed by atoms with Crippen LogP contribution in [0.4, 0.5) is 0 Å². The van der Waals surface area contributed by atoms with Crippen molar-refractivity contribution in [3.63, 3.8) is 0 Å². The van der Waals surface area contributed by atoms with Gasteiger partial charge in [-0.1, -0.05) is 19.3 Å². The molecule has 2 rings (SSSR count). The molecule has 1 atom stereocenters. The van der Waals surface area contributed by atoms with Crippen LogP contribution in [0.3, 0.4) is 0 Å². The van der Waals surface area contributed by atoms with Crippen molar-refractivity contribution in [3.8, 4) is 0 Å². The molecule has 1 amide bonds. The van der Waals surface area contributed by atoms with Crippen LogP contribution in [-0.4, -0.2) is 25.2 Å². The Morgan fingerprint density at radius 2 is 2.00 bits per heavy atom. The van der Waals surface area contributed by atoms with Gasteiger partial charge < -0.3 is 10.1 Å². The summed E-state index contributed by atoms with van der Waals surface area (Å²) in [6, 6.07) is 0.293. The maximum absolute atomic E-state index is 11.1. The SMILES string of the molecule is O=C1COCC(C2CCCCC2)N1. The summed E-state index contributed by atoms with van der Waals surface area (Å²) in [6.07, 6.45) is 6.51. The summed E-state index contributed by atoms with van der Waals surface area (Å²) in [5.41, 5.74) is 0. The molecule has 1 saturated heterocycles. The minimum atomic E-state index is 0.0572. The fourth-order valence-electron chi connectivity index (χ4n) is 2.36. The molecule has 2 aliphatic rings. The fourth-order valence-corrected chi connectivity index (χ4v) is 2.36. The predicted octanol–water partition coefficient (Wildman–Crippen LogP) is 1.08. The largest absolute Gasteiger partial charge is 0.370 e. The average Bonchev–Trinajstić information content (AvgIpc) is 2.19. The number of rotatable bonds is 1. The maximum atomic E-state index is 11.1. The van der Waals surface area contributed by atoms with E-state index in [-0.39, 0.29) is 12.5 Å². The first-order chi connectivity index (χ1) is 6.36. The highest BCUT2D eigenvalue weighted by atomic mass is 16.5. The van der Waals surface area contributed by atoms with Gasteiger partial charge >= 0.3 is 0 Å². The van der Waals surface area contributed by atoms with E-state index in [4.69, 9.17) is 4.74 Å². The summed E-state index contributed by atoms with van der Waals surface area (Å²) in [5.74, 6) is 0.722. The summed E-state index contributed by atoms with van der Waals surface area (Å²) >= 11 is 0. The molecule has 1 saturated carbocycles. The monoisotopic (exact) mass is 183 g/mol. The van der Waals surface area contributed by atoms with Gasteiger partial charge in [0, 0.05) is 0 Å². The highest BCUT2D eigenvalue weighted by Crippen LogP contribution is 2.27. The molecule has 0 aromatic heterocycles. The Morgan fingerprint density at radius 3 is 2.69 bits per heavy atom. The third-order valence-corrected chi connectivity index (χ3v) is 3.10. The molecule has 1 unspecified atom stereocenters. The first kappa shape index (κ1) is 9.00. The molecule has 3 heteroatoms. The van der Waals surface area contributed by atoms with Crippen molar-refractivity contribution in [2.45, 2.75) is 38.1 Å². The number of carbonyl (C=O) groups is 1. The lowest BCUT2D eigenvalue weighted by atomic mass is 9.84. The van der Waals surface area contributed by atoms with E-state index in [1.807, 2.05) is 0 Å². The Balaban J connectivity index is 1.87. The maximum Gasteiger partial charge on any atom is 0.246 e. The van der Waals surface area contributed by atoms with Gasteiger partial charge in [0.2, 0.25) is 5.91 Å². The van der Waals surface area contributed by atoms with Gasteiger partial charge in [0.15, 0.2) is 0 Å². The molecule has 1 N–H and O–H groups in total. The second-order valence-corrected chi connectivity index (χ2v) is 4.09. The van der Waals surface area contributed by atoms with Gasteiger partial charge in [-0.05, 0) is 18.8 Å². The summed E-state index contributed by atoms with van der Waals surface area (Å²) in [4.78, 5) is 11.1. The molecule has 1 aliphatic carbocycles. The number of hydrogen-bond acceptors (Lipinski definition) is 2. The van der Waals surface area contributed by atoms with Crippen molar-refractivity contribution in [1.29, 1.82) is 0 Å². The standard InChI is InChI=1S/C10H17NO2/c12-10-7-13-6-9(11-10)8-4-2-1-3-5-8/h8-9H,1-7H2,(H,11,12). The summed E-state index contributed by atoms with van der Waals surface area (Å²) < 4.78 is 5.24. The quantitative estimate of drug-likeness (QED) is 0.660. The third kappa shape index (κ3) is 2.21. The first-order valence-corrected chi connectivity index (χ1v) is 5.23. The van der Waals surface area contributed by atoms with Crippen LogP contribution in [0.15, 0.2) is 0 Å². The summed E-state index contributed by atoms with van der Waals surface area (Å²) in [5, 5.41) is 3.02. The van der Waals surface area contributed by atoms with Gasteiger partial charge in [0.05, 0.1) is 12.6 Å². The van der Waals surface area contributed by atoms with Gasteiger partial charge in [0.1, 0.15) is 6.61 Å². The molecule has 0 aromatic rings. The van der Waals surface area contributed by atoms with Crippen LogP contribution >= 0.6 is 0 Å². The molecule has 0 radical (unpaired) electrons. The van der Waals surface area contributed by atoms with Gasteiger partial charge in [0.25, 0.3) is 0 Å². The normalized spacial score (nSPS) is 31.4. The third-order valence-electron chi connectivity index (χ3n) is 3.10. The van der Waals surface area contributed by atoms with E-state index in [1.54, 1.807) is 0 Å². The van der Waals surface area contributed by atoms with Crippen LogP contribution in [0.25, 0.3) is 0 Å². The van der Waals surface area contributed by atoms with Crippen LogP contribution in [0, 0.1) is 5.92 Å². The summed E-state index contributed by atoms with van der Waals surface area (Å²) in [6.45, 7) is 0.972. The van der Waals surface area contributed by atoms with Crippen molar-refractivity contribution in [3.05, 3.63) is 0 Å². The van der Waals surface area contributed by atoms with Gasteiger partial charge in [-0.15, -0.1) is 0 Å². The number of amides is 1. The highest BCUT2D eigenvalue weighted by Gasteiger charge is 2.27. The molecular formula is C10H17NO2. The number of carbonyl (C=O) groups excluding carboxylic acids is 1. The minimum absolute atomic E-state index is 0.0572. The lowest BCUT2D eigenvalue weighted by Crippen LogP contribution is -2.49. The van der Waals surface area contributed by atoms with Crippen LogP contribution in [0.2, 0.25) is 0 Å². The second-order valence-electron chi connectivity index (χ2n) is 4.09. The molecule has 74 valence electrons. The van der Waals surface area contributed by atoms with E-state index in [1.165, 1.54) is 32.1 Å². The Hall–Kier alpha value is -0.570. The van der Waals surface area contributed by atoms with E-state index in [0.29, 0.717) is 12.0 Å². The lowest BCUT2D eigenvalue weighted by molar-refractivity contribution is -0.132. The van der Waals surface area contributed by atoms with Crippen LogP contribution in [0.1, 0.15) is 32.1 Å². The Labute approximate surface area is 78.8 Å². The highest BCUT2D eigenvalue weighted by molar-refractivity contribution is 5.78. The number of nitrogens with one attached hydrogen (secondary N) is 1. The molecule has 0 bridgehead atoms. The first-order valence-electron chi connectivity index (χ1n) is 5.23. The van der Waals surface area contributed by atoms with Gasteiger partial charge in [-0.3, -0.25) is 4.79 Å². The van der Waals surface area contributed by atoms with Crippen molar-refractivity contribution >= 4 is 5.91 Å². The zero-order chi connectivity index (χ0) is 9.10. The van der Waals surface area contributed by atoms with E-state index in [9.17, 15) is 4.79 Å². The van der Waals surface area contributed by atoms with Crippen LogP contribution in [0.5, 0.6) is 0 Å². The van der Waals surface area contributed by atoms with Crippen molar-refractivity contribution in [1.82, 2.24) is 5.32 Å². The van der Waals surface area contributed by atoms with Crippen LogP contribution in [-0.2, 0) is 9.53 Å². The Morgan fingerprint density at radius 1 is 1.23 bits per heavy atom. The molecule has 13 heavy (non-hydrogen) atoms. The molecular weight excluding hydrogens is 166 g/mol. The van der Waals surface area contributed by atoms with Gasteiger partial charge in [-0.25, -0.2) is 0 Å². The van der Waals surface area contributed by atoms with Crippen molar-refractivity contribution in [2.75, 3.05) is 13.2 Å². The molecule has 0 spiro atoms. The predicted molar refractivity (Wildman–Crippen MR) is 49.3 cm³/mol. The van der Waals surface area contributed by atoms with E-state index in [0.717, 1.165) is 6.61 Å². The molecule has 1 aliphatic heterocycles. The number of morpholine rings is 1. The van der Waals surface area contributed by atoms with Crippen molar-refractivity contribution in [2.24, 2.45) is 5.92 Å². The van der Waals surface area contributed by atoms with Gasteiger partial charge in [-0.2, -0.15) is 0 Å². The van der Waals surface area contributed by atoms with E-state index < -0.39 is 0 Å². The number of hydrogen-bond donors (Lipinski definition) is 1. The van der Waals surface area contributed by atoms with E-state index in [2.05, 4.69) is 5.32 Å². The number of ether oxygens (including phenoxy) is 1. The smallest absolute Gasteiger partial charge is 0.246 e. The fraction of sp³-hybridized carbons (Fsp3) is 0.900. The minimum Gasteiger partial charge on any atom is -0.370 e. The zero-order valence-corrected chi connectivity index (χ0v) is 7.92. The topological polar surface area (TPSA) is 38.3 Å². The average molecular weight is 183 g/mol. The molecule has 2 fully saturated rings.